The maximum atomic E-state index is 12.0. The number of hydrogen-bond donors (Lipinski definition) is 1. The number of hydrogen-bond acceptors (Lipinski definition) is 3. The highest BCUT2D eigenvalue weighted by atomic mass is 35.5. The van der Waals surface area contributed by atoms with Crippen LogP contribution in [0.1, 0.15) is 11.1 Å². The Hall–Kier alpha value is -1.65. The third kappa shape index (κ3) is 3.43. The smallest absolute Gasteiger partial charge is 0.228 e. The maximum Gasteiger partial charge on any atom is 0.228 e. The van der Waals surface area contributed by atoms with Gasteiger partial charge in [-0.15, -0.1) is 0 Å². The Morgan fingerprint density at radius 2 is 1.84 bits per heavy atom. The molecule has 0 aliphatic rings. The number of halogens is 2. The summed E-state index contributed by atoms with van der Waals surface area (Å²) in [6, 6.07) is 7.67. The van der Waals surface area contributed by atoms with Crippen LogP contribution in [0.15, 0.2) is 30.6 Å². The first-order chi connectivity index (χ1) is 9.08. The average Bonchev–Trinajstić information content (AvgIpc) is 2.37. The maximum absolute atomic E-state index is 12.0. The number of nitrogens with one attached hydrogen (secondary N) is 1. The number of nitrogens with zero attached hydrogens (tertiary/aromatic N) is 2. The first-order valence-electron chi connectivity index (χ1n) is 5.58. The zero-order valence-electron chi connectivity index (χ0n) is 10.2. The first kappa shape index (κ1) is 13.8. The minimum atomic E-state index is -0.215. The molecule has 2 aromatic rings. The molecule has 98 valence electrons. The number of rotatable bonds is 3. The van der Waals surface area contributed by atoms with Crippen LogP contribution in [0, 0.1) is 6.92 Å². The van der Waals surface area contributed by atoms with E-state index >= 15 is 0 Å². The van der Waals surface area contributed by atoms with Crippen LogP contribution in [0.3, 0.4) is 0 Å². The van der Waals surface area contributed by atoms with Crippen molar-refractivity contribution in [2.75, 3.05) is 5.32 Å². The fourth-order valence-corrected chi connectivity index (χ4v) is 2.02. The molecule has 0 aliphatic heterocycles. The zero-order valence-corrected chi connectivity index (χ0v) is 11.7. The molecule has 0 aliphatic carbocycles. The van der Waals surface area contributed by atoms with Crippen molar-refractivity contribution >= 4 is 34.8 Å². The van der Waals surface area contributed by atoms with E-state index in [-0.39, 0.29) is 28.3 Å². The second kappa shape index (κ2) is 5.99. The van der Waals surface area contributed by atoms with Gasteiger partial charge in [0.15, 0.2) is 10.3 Å². The van der Waals surface area contributed by atoms with Gasteiger partial charge in [-0.2, -0.15) is 0 Å². The van der Waals surface area contributed by atoms with Crippen LogP contribution < -0.4 is 5.32 Å². The van der Waals surface area contributed by atoms with E-state index in [4.69, 9.17) is 23.2 Å². The molecule has 0 radical (unpaired) electrons. The lowest BCUT2D eigenvalue weighted by Crippen LogP contribution is -2.16. The Morgan fingerprint density at radius 1 is 1.21 bits per heavy atom. The highest BCUT2D eigenvalue weighted by Crippen LogP contribution is 2.25. The summed E-state index contributed by atoms with van der Waals surface area (Å²) in [6.45, 7) is 1.95. The van der Waals surface area contributed by atoms with Crippen molar-refractivity contribution < 1.29 is 4.79 Å². The van der Waals surface area contributed by atoms with Crippen LogP contribution in [-0.2, 0) is 11.2 Å². The Bertz CT molecular complexity index is 596. The van der Waals surface area contributed by atoms with Gasteiger partial charge in [0, 0.05) is 0 Å². The number of aryl methyl sites for hydroxylation is 1. The average molecular weight is 296 g/mol. The standard InChI is InChI=1S/C13H11Cl2N3O/c1-8-4-2-3-5-9(8)6-10(19)18-11-12(14)16-7-17-13(11)15/h2-5,7H,6H2,1H3,(H,18,19). The minimum absolute atomic E-state index is 0.123. The van der Waals surface area contributed by atoms with Crippen molar-refractivity contribution in [3.8, 4) is 0 Å². The topological polar surface area (TPSA) is 54.9 Å². The molecule has 1 heterocycles. The molecular weight excluding hydrogens is 285 g/mol. The van der Waals surface area contributed by atoms with E-state index in [1.54, 1.807) is 0 Å². The van der Waals surface area contributed by atoms with Crippen molar-refractivity contribution in [1.29, 1.82) is 0 Å². The predicted molar refractivity (Wildman–Crippen MR) is 75.6 cm³/mol. The second-order valence-corrected chi connectivity index (χ2v) is 4.70. The molecule has 2 rings (SSSR count). The summed E-state index contributed by atoms with van der Waals surface area (Å²) in [7, 11) is 0. The number of amides is 1. The van der Waals surface area contributed by atoms with Gasteiger partial charge in [-0.05, 0) is 18.1 Å². The molecule has 0 saturated carbocycles. The quantitative estimate of drug-likeness (QED) is 0.884. The van der Waals surface area contributed by atoms with E-state index in [9.17, 15) is 4.79 Å². The molecule has 0 atom stereocenters. The monoisotopic (exact) mass is 295 g/mol. The Morgan fingerprint density at radius 3 is 2.47 bits per heavy atom. The Kier molecular flexibility index (Phi) is 4.35. The molecule has 1 aromatic heterocycles. The van der Waals surface area contributed by atoms with Crippen LogP contribution in [0.25, 0.3) is 0 Å². The summed E-state index contributed by atoms with van der Waals surface area (Å²) in [4.78, 5) is 19.5. The molecule has 0 saturated heterocycles. The van der Waals surface area contributed by atoms with E-state index in [2.05, 4.69) is 15.3 Å². The van der Waals surface area contributed by atoms with E-state index < -0.39 is 0 Å². The molecule has 6 heteroatoms. The van der Waals surface area contributed by atoms with Gasteiger partial charge in [-0.3, -0.25) is 4.79 Å². The van der Waals surface area contributed by atoms with E-state index in [0.29, 0.717) is 0 Å². The third-order valence-corrected chi connectivity index (χ3v) is 3.20. The molecular formula is C13H11Cl2N3O. The van der Waals surface area contributed by atoms with Crippen LogP contribution in [0.2, 0.25) is 10.3 Å². The molecule has 4 nitrogen and oxygen atoms in total. The van der Waals surface area contributed by atoms with E-state index in [1.165, 1.54) is 6.33 Å². The molecule has 1 aromatic carbocycles. The molecule has 19 heavy (non-hydrogen) atoms. The van der Waals surface area contributed by atoms with Crippen molar-refractivity contribution in [3.05, 3.63) is 52.0 Å². The summed E-state index contributed by atoms with van der Waals surface area (Å²) >= 11 is 11.7. The van der Waals surface area contributed by atoms with Gasteiger partial charge in [0.2, 0.25) is 5.91 Å². The van der Waals surface area contributed by atoms with E-state index in [0.717, 1.165) is 11.1 Å². The predicted octanol–water partition coefficient (Wildman–Crippen LogP) is 3.27. The number of benzene rings is 1. The number of aromatic nitrogens is 2. The van der Waals surface area contributed by atoms with Gasteiger partial charge in [0.25, 0.3) is 0 Å². The fraction of sp³-hybridized carbons (Fsp3) is 0.154. The van der Waals surface area contributed by atoms with Gasteiger partial charge in [0.1, 0.15) is 12.0 Å². The lowest BCUT2D eigenvalue weighted by Gasteiger charge is -2.08. The number of anilines is 1. The van der Waals surface area contributed by atoms with Crippen LogP contribution in [0.5, 0.6) is 0 Å². The lowest BCUT2D eigenvalue weighted by atomic mass is 10.1. The molecule has 1 N–H and O–H groups in total. The van der Waals surface area contributed by atoms with Crippen molar-refractivity contribution in [1.82, 2.24) is 9.97 Å². The van der Waals surface area contributed by atoms with Gasteiger partial charge >= 0.3 is 0 Å². The fourth-order valence-electron chi connectivity index (χ4n) is 1.61. The summed E-state index contributed by atoms with van der Waals surface area (Å²) in [6.07, 6.45) is 1.48. The Balaban J connectivity index is 2.12. The highest BCUT2D eigenvalue weighted by Gasteiger charge is 2.12. The van der Waals surface area contributed by atoms with Gasteiger partial charge < -0.3 is 5.32 Å². The van der Waals surface area contributed by atoms with Crippen LogP contribution in [-0.4, -0.2) is 15.9 Å². The largest absolute Gasteiger partial charge is 0.321 e. The zero-order chi connectivity index (χ0) is 13.8. The highest BCUT2D eigenvalue weighted by molar-refractivity contribution is 6.38. The summed E-state index contributed by atoms with van der Waals surface area (Å²) in [5, 5.41) is 2.87. The summed E-state index contributed by atoms with van der Waals surface area (Å²) in [5.74, 6) is -0.215. The molecule has 1 amide bonds. The molecule has 0 bridgehead atoms. The minimum Gasteiger partial charge on any atom is -0.321 e. The van der Waals surface area contributed by atoms with Crippen molar-refractivity contribution in [2.24, 2.45) is 0 Å². The number of carbonyl (C=O) groups is 1. The lowest BCUT2D eigenvalue weighted by molar-refractivity contribution is -0.115. The molecule has 0 fully saturated rings. The second-order valence-electron chi connectivity index (χ2n) is 3.98. The van der Waals surface area contributed by atoms with Crippen molar-refractivity contribution in [2.45, 2.75) is 13.3 Å². The summed E-state index contributed by atoms with van der Waals surface area (Å²) < 4.78 is 0. The SMILES string of the molecule is Cc1ccccc1CC(=O)Nc1c(Cl)ncnc1Cl. The van der Waals surface area contributed by atoms with Gasteiger partial charge in [-0.25, -0.2) is 9.97 Å². The number of carbonyl (C=O) groups excluding carboxylic acids is 1. The summed E-state index contributed by atoms with van der Waals surface area (Å²) in [5.41, 5.74) is 2.24. The first-order valence-corrected chi connectivity index (χ1v) is 6.34. The van der Waals surface area contributed by atoms with Crippen LogP contribution in [0.4, 0.5) is 5.69 Å². The normalized spacial score (nSPS) is 10.3. The van der Waals surface area contributed by atoms with E-state index in [1.807, 2.05) is 31.2 Å². The molecule has 0 unspecified atom stereocenters. The third-order valence-electron chi connectivity index (χ3n) is 2.63. The van der Waals surface area contributed by atoms with Crippen molar-refractivity contribution in [3.63, 3.8) is 0 Å². The van der Waals surface area contributed by atoms with Gasteiger partial charge in [0.05, 0.1) is 6.42 Å². The Labute approximate surface area is 120 Å². The van der Waals surface area contributed by atoms with Gasteiger partial charge in [-0.1, -0.05) is 47.5 Å². The molecule has 0 spiro atoms. The van der Waals surface area contributed by atoms with Crippen LogP contribution >= 0.6 is 23.2 Å².